The summed E-state index contributed by atoms with van der Waals surface area (Å²) in [7, 11) is 0. The van der Waals surface area contributed by atoms with E-state index in [1.165, 1.54) is 21.1 Å². The molecule has 9 heteroatoms. The number of hydrogen-bond acceptors (Lipinski definition) is 6. The summed E-state index contributed by atoms with van der Waals surface area (Å²) in [5.41, 5.74) is -0.509. The Balaban J connectivity index is 1.82. The minimum Gasteiger partial charge on any atom is -0.304 e. The molecule has 1 aromatic carbocycles. The number of para-hydroxylation sites is 1. The third kappa shape index (κ3) is 2.83. The largest absolute Gasteiger partial charge is 0.304 e. The second-order valence-electron chi connectivity index (χ2n) is 7.89. The van der Waals surface area contributed by atoms with E-state index in [0.29, 0.717) is 16.4 Å². The molecule has 1 atom stereocenters. The number of nitrogens with one attached hydrogen (secondary N) is 1. The molecule has 3 heterocycles. The van der Waals surface area contributed by atoms with Gasteiger partial charge in [0.1, 0.15) is 5.01 Å². The van der Waals surface area contributed by atoms with Crippen molar-refractivity contribution in [3.05, 3.63) is 34.8 Å². The number of carbonyl (C=O) groups is 3. The smallest absolute Gasteiger partial charge is 0.273 e. The van der Waals surface area contributed by atoms with Crippen molar-refractivity contribution in [2.45, 2.75) is 58.2 Å². The summed E-state index contributed by atoms with van der Waals surface area (Å²) in [6.07, 6.45) is 0.414. The molecule has 3 amide bonds. The van der Waals surface area contributed by atoms with Crippen molar-refractivity contribution in [2.75, 3.05) is 10.2 Å². The zero-order valence-corrected chi connectivity index (χ0v) is 17.6. The fourth-order valence-electron chi connectivity index (χ4n) is 4.12. The molecule has 1 saturated heterocycles. The zero-order valence-electron chi connectivity index (χ0n) is 16.8. The maximum absolute atomic E-state index is 13.6. The lowest BCUT2D eigenvalue weighted by Gasteiger charge is -2.50. The van der Waals surface area contributed by atoms with Gasteiger partial charge in [-0.05, 0) is 26.0 Å². The molecule has 0 saturated carbocycles. The van der Waals surface area contributed by atoms with E-state index in [2.05, 4.69) is 15.5 Å². The maximum Gasteiger partial charge on any atom is 0.273 e. The van der Waals surface area contributed by atoms with Gasteiger partial charge < -0.3 is 4.90 Å². The van der Waals surface area contributed by atoms with Crippen molar-refractivity contribution < 1.29 is 14.4 Å². The molecule has 0 radical (unpaired) electrons. The van der Waals surface area contributed by atoms with Crippen molar-refractivity contribution in [1.82, 2.24) is 15.1 Å². The Morgan fingerprint density at radius 3 is 2.55 bits per heavy atom. The Kier molecular flexibility index (Phi) is 4.65. The number of amides is 3. The van der Waals surface area contributed by atoms with Crippen LogP contribution >= 0.6 is 11.3 Å². The van der Waals surface area contributed by atoms with E-state index in [-0.39, 0.29) is 36.6 Å². The summed E-state index contributed by atoms with van der Waals surface area (Å²) in [6.45, 7) is 7.70. The number of nitrogens with zero attached hydrogens (tertiary/aromatic N) is 4. The molecule has 0 bridgehead atoms. The summed E-state index contributed by atoms with van der Waals surface area (Å²) < 4.78 is 0. The third-order valence-electron chi connectivity index (χ3n) is 5.33. The Morgan fingerprint density at radius 1 is 1.17 bits per heavy atom. The molecule has 1 N–H and O–H groups in total. The van der Waals surface area contributed by atoms with Gasteiger partial charge in [0.05, 0.1) is 11.3 Å². The van der Waals surface area contributed by atoms with E-state index in [0.717, 1.165) is 5.01 Å². The molecule has 0 unspecified atom stereocenters. The quantitative estimate of drug-likeness (QED) is 0.831. The molecular formula is C20H23N5O3S. The van der Waals surface area contributed by atoms with Gasteiger partial charge in [0.2, 0.25) is 16.7 Å². The first-order chi connectivity index (χ1) is 13.8. The highest BCUT2D eigenvalue weighted by Crippen LogP contribution is 2.46. The predicted octanol–water partition coefficient (Wildman–Crippen LogP) is 2.99. The van der Waals surface area contributed by atoms with Gasteiger partial charge in [-0.25, -0.2) is 0 Å². The lowest BCUT2D eigenvalue weighted by molar-refractivity contribution is -0.129. The molecule has 2 aromatic rings. The number of benzene rings is 1. The highest BCUT2D eigenvalue weighted by atomic mass is 32.1. The van der Waals surface area contributed by atoms with Crippen LogP contribution in [-0.4, -0.2) is 44.5 Å². The Bertz CT molecular complexity index is 1000. The minimum absolute atomic E-state index is 0.175. The standard InChI is InChI=1S/C20H23N5O3S/c1-11(2)16-22-23-19(29-16)21-18(28)20-10-9-15(26)25(20)14-8-6-5-7-13(14)17(27)24(20)12(3)4/h5-8,11-12H,9-10H2,1-4H3,(H,21,23,28)/t20-/m0/s1. The SMILES string of the molecule is CC(C)c1nnc(NC(=O)[C@]23CCC(=O)N2c2ccccc2C(=O)N3C(C)C)s1. The molecule has 0 spiro atoms. The lowest BCUT2D eigenvalue weighted by atomic mass is 9.94. The highest BCUT2D eigenvalue weighted by Gasteiger charge is 2.61. The van der Waals surface area contributed by atoms with Crippen molar-refractivity contribution >= 4 is 39.9 Å². The number of carbonyl (C=O) groups excluding carboxylic acids is 3. The molecule has 2 aliphatic rings. The van der Waals surface area contributed by atoms with Crippen molar-refractivity contribution in [2.24, 2.45) is 0 Å². The van der Waals surface area contributed by atoms with Crippen LogP contribution in [-0.2, 0) is 9.59 Å². The summed E-state index contributed by atoms with van der Waals surface area (Å²) >= 11 is 1.30. The molecule has 2 aliphatic heterocycles. The first-order valence-corrected chi connectivity index (χ1v) is 10.5. The highest BCUT2D eigenvalue weighted by molar-refractivity contribution is 7.15. The number of rotatable bonds is 4. The van der Waals surface area contributed by atoms with Gasteiger partial charge in [0.15, 0.2) is 0 Å². The average Bonchev–Trinajstić information content (AvgIpc) is 3.27. The van der Waals surface area contributed by atoms with Gasteiger partial charge in [0, 0.05) is 24.8 Å². The van der Waals surface area contributed by atoms with Gasteiger partial charge in [-0.2, -0.15) is 0 Å². The van der Waals surface area contributed by atoms with E-state index in [4.69, 9.17) is 0 Å². The average molecular weight is 414 g/mol. The first-order valence-electron chi connectivity index (χ1n) is 9.68. The van der Waals surface area contributed by atoms with Crippen LogP contribution in [0, 0.1) is 0 Å². The van der Waals surface area contributed by atoms with E-state index >= 15 is 0 Å². The lowest BCUT2D eigenvalue weighted by Crippen LogP contribution is -2.70. The van der Waals surface area contributed by atoms with Crippen LogP contribution in [0.4, 0.5) is 10.8 Å². The normalized spacial score (nSPS) is 21.0. The van der Waals surface area contributed by atoms with E-state index in [1.54, 1.807) is 24.3 Å². The van der Waals surface area contributed by atoms with Gasteiger partial charge in [0.25, 0.3) is 11.8 Å². The minimum atomic E-state index is -1.42. The monoisotopic (exact) mass is 413 g/mol. The van der Waals surface area contributed by atoms with Crippen LogP contribution in [0.5, 0.6) is 0 Å². The zero-order chi connectivity index (χ0) is 20.9. The van der Waals surface area contributed by atoms with Crippen LogP contribution in [0.15, 0.2) is 24.3 Å². The second kappa shape index (κ2) is 6.91. The van der Waals surface area contributed by atoms with Gasteiger partial charge >= 0.3 is 0 Å². The molecule has 4 rings (SSSR count). The fourth-order valence-corrected chi connectivity index (χ4v) is 4.86. The molecule has 29 heavy (non-hydrogen) atoms. The van der Waals surface area contributed by atoms with Crippen molar-refractivity contribution in [3.63, 3.8) is 0 Å². The van der Waals surface area contributed by atoms with Crippen LogP contribution in [0.3, 0.4) is 0 Å². The maximum atomic E-state index is 13.6. The Hall–Kier alpha value is -2.81. The van der Waals surface area contributed by atoms with Crippen LogP contribution in [0.2, 0.25) is 0 Å². The number of aromatic nitrogens is 2. The number of fused-ring (bicyclic) bond motifs is 3. The molecular weight excluding hydrogens is 390 g/mol. The van der Waals surface area contributed by atoms with Crippen LogP contribution in [0.1, 0.15) is 61.8 Å². The number of hydrogen-bond donors (Lipinski definition) is 1. The van der Waals surface area contributed by atoms with Gasteiger partial charge in [-0.1, -0.05) is 37.3 Å². The van der Waals surface area contributed by atoms with Crippen molar-refractivity contribution in [1.29, 1.82) is 0 Å². The van der Waals surface area contributed by atoms with Crippen molar-refractivity contribution in [3.8, 4) is 0 Å². The first kappa shape index (κ1) is 19.5. The molecule has 152 valence electrons. The van der Waals surface area contributed by atoms with Gasteiger partial charge in [-0.15, -0.1) is 10.2 Å². The summed E-state index contributed by atoms with van der Waals surface area (Å²) in [5, 5.41) is 12.2. The van der Waals surface area contributed by atoms with Gasteiger partial charge in [-0.3, -0.25) is 24.6 Å². The van der Waals surface area contributed by atoms with E-state index in [1.807, 2.05) is 27.7 Å². The predicted molar refractivity (Wildman–Crippen MR) is 110 cm³/mol. The van der Waals surface area contributed by atoms with E-state index < -0.39 is 11.6 Å². The Morgan fingerprint density at radius 2 is 1.90 bits per heavy atom. The molecule has 0 aliphatic carbocycles. The second-order valence-corrected chi connectivity index (χ2v) is 8.90. The Labute approximate surface area is 172 Å². The molecule has 1 fully saturated rings. The summed E-state index contributed by atoms with van der Waals surface area (Å²) in [4.78, 5) is 42.9. The topological polar surface area (TPSA) is 95.5 Å². The van der Waals surface area contributed by atoms with E-state index in [9.17, 15) is 14.4 Å². The number of anilines is 2. The fraction of sp³-hybridized carbons (Fsp3) is 0.450. The van der Waals surface area contributed by atoms with Crippen LogP contribution < -0.4 is 10.2 Å². The third-order valence-corrected chi connectivity index (χ3v) is 6.47. The summed E-state index contributed by atoms with van der Waals surface area (Å²) in [6, 6.07) is 6.66. The summed E-state index contributed by atoms with van der Waals surface area (Å²) in [5.74, 6) is -0.676. The molecule has 8 nitrogen and oxygen atoms in total. The van der Waals surface area contributed by atoms with Crippen LogP contribution in [0.25, 0.3) is 0 Å². The molecule has 1 aromatic heterocycles.